The summed E-state index contributed by atoms with van der Waals surface area (Å²) in [7, 11) is 0. The van der Waals surface area contributed by atoms with Crippen LogP contribution in [0.2, 0.25) is 0 Å². The topological polar surface area (TPSA) is 44.8 Å². The maximum atomic E-state index is 11.9. The summed E-state index contributed by atoms with van der Waals surface area (Å²) in [5, 5.41) is 0. The lowest BCUT2D eigenvalue weighted by atomic mass is 10.0. The number of ether oxygens (including phenoxy) is 1. The molecule has 0 spiro atoms. The van der Waals surface area contributed by atoms with Crippen LogP contribution in [0.5, 0.6) is 0 Å². The first kappa shape index (κ1) is 15.7. The zero-order valence-corrected chi connectivity index (χ0v) is 12.0. The third-order valence-electron chi connectivity index (χ3n) is 2.61. The van der Waals surface area contributed by atoms with Gasteiger partial charge in [0.1, 0.15) is 0 Å². The number of rotatable bonds is 7. The van der Waals surface area contributed by atoms with Gasteiger partial charge < -0.3 is 4.74 Å². The van der Waals surface area contributed by atoms with Crippen molar-refractivity contribution >= 4 is 5.97 Å². The van der Waals surface area contributed by atoms with Crippen molar-refractivity contribution in [1.82, 2.24) is 0 Å². The largest absolute Gasteiger partial charge is 0.378 e. The Morgan fingerprint density at radius 2 is 1.84 bits per heavy atom. The average Bonchev–Trinajstić information content (AvgIpc) is 2.32. The Hall–Kier alpha value is -1.39. The highest BCUT2D eigenvalue weighted by Gasteiger charge is 2.15. The van der Waals surface area contributed by atoms with E-state index in [9.17, 15) is 4.79 Å². The van der Waals surface area contributed by atoms with E-state index in [1.165, 1.54) is 6.61 Å². The number of benzene rings is 1. The average molecular weight is 265 g/mol. The van der Waals surface area contributed by atoms with Gasteiger partial charge in [-0.1, -0.05) is 24.6 Å². The van der Waals surface area contributed by atoms with E-state index < -0.39 is 5.97 Å². The highest BCUT2D eigenvalue weighted by molar-refractivity contribution is 5.92. The van der Waals surface area contributed by atoms with Crippen LogP contribution in [0.15, 0.2) is 12.1 Å². The minimum absolute atomic E-state index is 0.299. The van der Waals surface area contributed by atoms with Gasteiger partial charge >= 0.3 is 5.97 Å². The van der Waals surface area contributed by atoms with Crippen LogP contribution in [0.3, 0.4) is 0 Å². The van der Waals surface area contributed by atoms with Crippen LogP contribution < -0.4 is 0 Å². The van der Waals surface area contributed by atoms with Crippen molar-refractivity contribution < 1.29 is 19.3 Å². The first-order valence-electron chi connectivity index (χ1n) is 6.41. The van der Waals surface area contributed by atoms with Gasteiger partial charge in [0.2, 0.25) is 0 Å². The van der Waals surface area contributed by atoms with Gasteiger partial charge in [0.25, 0.3) is 0 Å². The van der Waals surface area contributed by atoms with Crippen LogP contribution in [-0.2, 0) is 14.5 Å². The van der Waals surface area contributed by atoms with Gasteiger partial charge in [-0.2, -0.15) is 4.89 Å². The maximum absolute atomic E-state index is 11.9. The second-order valence-corrected chi connectivity index (χ2v) is 4.48. The first-order chi connectivity index (χ1) is 9.06. The number of hydrogen-bond acceptors (Lipinski definition) is 4. The summed E-state index contributed by atoms with van der Waals surface area (Å²) in [6.07, 6.45) is 0.940. The Labute approximate surface area is 114 Å². The molecule has 0 amide bonds. The van der Waals surface area contributed by atoms with Gasteiger partial charge in [-0.3, -0.25) is 4.89 Å². The quantitative estimate of drug-likeness (QED) is 0.431. The molecule has 0 aliphatic heterocycles. The number of carbonyl (C=O) groups excluding carboxylic acids is 1. The molecule has 1 aromatic carbocycles. The van der Waals surface area contributed by atoms with Gasteiger partial charge in [0.05, 0.1) is 12.2 Å². The number of carbonyl (C=O) groups is 1. The zero-order chi connectivity index (χ0) is 14.3. The Morgan fingerprint density at radius 3 is 2.42 bits per heavy atom. The van der Waals surface area contributed by atoms with Gasteiger partial charge in [-0.25, -0.2) is 4.79 Å². The van der Waals surface area contributed by atoms with Crippen LogP contribution in [0.1, 0.15) is 40.4 Å². The van der Waals surface area contributed by atoms with E-state index in [0.717, 1.165) is 23.1 Å². The molecular formula is C15H21O4. The summed E-state index contributed by atoms with van der Waals surface area (Å²) in [4.78, 5) is 21.4. The molecule has 0 bridgehead atoms. The molecule has 105 valence electrons. The Bertz CT molecular complexity index is 403. The van der Waals surface area contributed by atoms with Crippen molar-refractivity contribution in [2.45, 2.75) is 34.1 Å². The second kappa shape index (κ2) is 7.92. The fraction of sp³-hybridized carbons (Fsp3) is 0.467. The monoisotopic (exact) mass is 265 g/mol. The van der Waals surface area contributed by atoms with Crippen molar-refractivity contribution in [3.8, 4) is 0 Å². The predicted molar refractivity (Wildman–Crippen MR) is 72.6 cm³/mol. The lowest BCUT2D eigenvalue weighted by molar-refractivity contribution is -0.218. The normalized spacial score (nSPS) is 10.5. The summed E-state index contributed by atoms with van der Waals surface area (Å²) in [5.41, 5.74) is 3.43. The molecule has 0 saturated heterocycles. The molecular weight excluding hydrogens is 244 g/mol. The molecule has 0 aliphatic rings. The highest BCUT2D eigenvalue weighted by atomic mass is 17.2. The third kappa shape index (κ3) is 5.01. The molecule has 0 aromatic heterocycles. The van der Waals surface area contributed by atoms with E-state index in [2.05, 4.69) is 0 Å². The van der Waals surface area contributed by atoms with Gasteiger partial charge in [-0.05, 0) is 38.3 Å². The van der Waals surface area contributed by atoms with Crippen molar-refractivity contribution in [2.24, 2.45) is 0 Å². The summed E-state index contributed by atoms with van der Waals surface area (Å²) in [5.74, 6) is -0.484. The molecule has 0 N–H and O–H groups in total. The number of aryl methyl sites for hydroxylation is 3. The Morgan fingerprint density at radius 1 is 1.21 bits per heavy atom. The molecule has 19 heavy (non-hydrogen) atoms. The van der Waals surface area contributed by atoms with Crippen LogP contribution in [0.25, 0.3) is 0 Å². The molecule has 0 unspecified atom stereocenters. The van der Waals surface area contributed by atoms with Crippen LogP contribution in [0.4, 0.5) is 0 Å². The Balaban J connectivity index is 2.46. The van der Waals surface area contributed by atoms with Crippen molar-refractivity contribution in [3.63, 3.8) is 0 Å². The molecule has 4 heteroatoms. The van der Waals surface area contributed by atoms with Gasteiger partial charge in [-0.15, -0.1) is 0 Å². The van der Waals surface area contributed by atoms with E-state index in [4.69, 9.17) is 14.5 Å². The smallest absolute Gasteiger partial charge is 0.373 e. The molecule has 0 saturated carbocycles. The van der Waals surface area contributed by atoms with Crippen LogP contribution >= 0.6 is 0 Å². The molecule has 1 rings (SSSR count). The van der Waals surface area contributed by atoms with E-state index in [1.54, 1.807) is 0 Å². The van der Waals surface area contributed by atoms with E-state index in [-0.39, 0.29) is 0 Å². The van der Waals surface area contributed by atoms with Crippen molar-refractivity contribution in [3.05, 3.63) is 41.0 Å². The molecule has 1 aromatic rings. The summed E-state index contributed by atoms with van der Waals surface area (Å²) < 4.78 is 5.16. The summed E-state index contributed by atoms with van der Waals surface area (Å²) >= 11 is 0. The highest BCUT2D eigenvalue weighted by Crippen LogP contribution is 2.17. The maximum Gasteiger partial charge on any atom is 0.373 e. The summed E-state index contributed by atoms with van der Waals surface area (Å²) in [6, 6.07) is 3.88. The fourth-order valence-corrected chi connectivity index (χ4v) is 1.92. The van der Waals surface area contributed by atoms with Crippen molar-refractivity contribution in [2.75, 3.05) is 13.2 Å². The lowest BCUT2D eigenvalue weighted by Crippen LogP contribution is -2.10. The summed E-state index contributed by atoms with van der Waals surface area (Å²) in [6.45, 7) is 10.0. The van der Waals surface area contributed by atoms with E-state index in [1.807, 2.05) is 39.8 Å². The van der Waals surface area contributed by atoms with Gasteiger partial charge in [0.15, 0.2) is 6.61 Å². The zero-order valence-electron chi connectivity index (χ0n) is 12.0. The Kier molecular flexibility index (Phi) is 6.53. The minimum atomic E-state index is -0.484. The van der Waals surface area contributed by atoms with Gasteiger partial charge in [0, 0.05) is 6.61 Å². The minimum Gasteiger partial charge on any atom is -0.378 e. The molecule has 0 fully saturated rings. The molecule has 4 nitrogen and oxygen atoms in total. The third-order valence-corrected chi connectivity index (χ3v) is 2.61. The van der Waals surface area contributed by atoms with E-state index in [0.29, 0.717) is 18.8 Å². The van der Waals surface area contributed by atoms with E-state index >= 15 is 0 Å². The van der Waals surface area contributed by atoms with Crippen molar-refractivity contribution in [1.29, 1.82) is 0 Å². The lowest BCUT2D eigenvalue weighted by Gasteiger charge is -2.09. The standard InChI is InChI=1S/C15H21O4/c1-5-6-17-7-8-18-19-15(16)14-12(3)9-11(2)10-13(14)4/h8-10H,5-7H2,1-4H3. The first-order valence-corrected chi connectivity index (χ1v) is 6.41. The van der Waals surface area contributed by atoms with Crippen LogP contribution in [-0.4, -0.2) is 19.2 Å². The predicted octanol–water partition coefficient (Wildman–Crippen LogP) is 3.29. The fourth-order valence-electron chi connectivity index (χ4n) is 1.92. The van der Waals surface area contributed by atoms with Crippen LogP contribution in [0, 0.1) is 27.4 Å². The molecule has 1 radical (unpaired) electrons. The molecule has 0 aliphatic carbocycles. The molecule has 0 atom stereocenters. The SMILES string of the molecule is CCCOC[CH]OOC(=O)c1c(C)cc(C)cc1C. The second-order valence-electron chi connectivity index (χ2n) is 4.48. The number of hydrogen-bond donors (Lipinski definition) is 0. The molecule has 0 heterocycles.